The molecule has 3 rings (SSSR count). The average Bonchev–Trinajstić information content (AvgIpc) is 2.79. The summed E-state index contributed by atoms with van der Waals surface area (Å²) in [6.45, 7) is 2.27. The molecule has 2 aliphatic heterocycles. The monoisotopic (exact) mass is 245 g/mol. The summed E-state index contributed by atoms with van der Waals surface area (Å²) in [5, 5.41) is 0. The van der Waals surface area contributed by atoms with Crippen molar-refractivity contribution in [2.75, 3.05) is 12.0 Å². The number of para-hydroxylation sites is 1. The molecule has 0 radical (unpaired) electrons. The second-order valence-corrected chi connectivity index (χ2v) is 5.36. The Morgan fingerprint density at radius 3 is 2.89 bits per heavy atom. The summed E-state index contributed by atoms with van der Waals surface area (Å²) in [4.78, 5) is 14.5. The van der Waals surface area contributed by atoms with E-state index in [1.54, 1.807) is 0 Å². The van der Waals surface area contributed by atoms with Crippen LogP contribution in [0.5, 0.6) is 0 Å². The number of benzene rings is 1. The van der Waals surface area contributed by atoms with Crippen LogP contribution in [0.2, 0.25) is 0 Å². The van der Waals surface area contributed by atoms with E-state index in [9.17, 15) is 4.79 Å². The second-order valence-electron chi connectivity index (χ2n) is 5.36. The smallest absolute Gasteiger partial charge is 0.313 e. The van der Waals surface area contributed by atoms with Crippen molar-refractivity contribution in [2.45, 2.75) is 44.2 Å². The third-order valence-electron chi connectivity index (χ3n) is 4.37. The first-order valence-corrected chi connectivity index (χ1v) is 6.67. The minimum Gasteiger partial charge on any atom is -0.469 e. The van der Waals surface area contributed by atoms with Gasteiger partial charge in [-0.05, 0) is 37.8 Å². The number of fused-ring (bicyclic) bond motifs is 3. The van der Waals surface area contributed by atoms with Gasteiger partial charge in [0.25, 0.3) is 0 Å². The summed E-state index contributed by atoms with van der Waals surface area (Å²) >= 11 is 0. The fraction of sp³-hybridized carbons (Fsp3) is 0.533. The minimum absolute atomic E-state index is 0.0854. The van der Waals surface area contributed by atoms with Gasteiger partial charge in [0.15, 0.2) is 0 Å². The van der Waals surface area contributed by atoms with Gasteiger partial charge in [0.2, 0.25) is 0 Å². The molecule has 18 heavy (non-hydrogen) atoms. The van der Waals surface area contributed by atoms with Gasteiger partial charge in [-0.2, -0.15) is 0 Å². The van der Waals surface area contributed by atoms with Gasteiger partial charge < -0.3 is 9.64 Å². The summed E-state index contributed by atoms with van der Waals surface area (Å²) in [6.07, 6.45) is 3.30. The van der Waals surface area contributed by atoms with Crippen molar-refractivity contribution in [2.24, 2.45) is 0 Å². The van der Waals surface area contributed by atoms with E-state index in [0.717, 1.165) is 12.0 Å². The zero-order valence-electron chi connectivity index (χ0n) is 10.9. The lowest BCUT2D eigenvalue weighted by Crippen LogP contribution is -2.41. The van der Waals surface area contributed by atoms with Crippen LogP contribution in [0, 0.1) is 0 Å². The summed E-state index contributed by atoms with van der Waals surface area (Å²) in [5.41, 5.74) is 2.36. The molecule has 1 aromatic carbocycles. The Balaban J connectivity index is 2.06. The van der Waals surface area contributed by atoms with Crippen LogP contribution in [0.3, 0.4) is 0 Å². The van der Waals surface area contributed by atoms with Crippen LogP contribution in [0.15, 0.2) is 24.3 Å². The van der Waals surface area contributed by atoms with Gasteiger partial charge in [-0.1, -0.05) is 18.2 Å². The van der Waals surface area contributed by atoms with Gasteiger partial charge in [-0.3, -0.25) is 4.79 Å². The highest BCUT2D eigenvalue weighted by Gasteiger charge is 2.41. The first-order valence-electron chi connectivity index (χ1n) is 6.67. The average molecular weight is 245 g/mol. The molecular formula is C15H19NO2. The van der Waals surface area contributed by atoms with E-state index in [0.29, 0.717) is 12.1 Å². The summed E-state index contributed by atoms with van der Waals surface area (Å²) < 4.78 is 4.96. The lowest BCUT2D eigenvalue weighted by Gasteiger charge is -2.39. The molecule has 0 amide bonds. The van der Waals surface area contributed by atoms with E-state index >= 15 is 0 Å². The Bertz CT molecular complexity index is 471. The summed E-state index contributed by atoms with van der Waals surface area (Å²) in [5.74, 6) is -0.181. The van der Waals surface area contributed by atoms with Crippen LogP contribution in [-0.4, -0.2) is 25.2 Å². The van der Waals surface area contributed by atoms with Gasteiger partial charge in [0.05, 0.1) is 13.0 Å². The fourth-order valence-corrected chi connectivity index (χ4v) is 3.52. The van der Waals surface area contributed by atoms with Crippen LogP contribution >= 0.6 is 0 Å². The molecule has 0 aliphatic carbocycles. The maximum Gasteiger partial charge on any atom is 0.313 e. The molecule has 0 unspecified atom stereocenters. The number of hydrogen-bond acceptors (Lipinski definition) is 3. The van der Waals surface area contributed by atoms with Crippen LogP contribution in [-0.2, 0) is 9.53 Å². The fourth-order valence-electron chi connectivity index (χ4n) is 3.52. The van der Waals surface area contributed by atoms with Crippen molar-refractivity contribution in [3.8, 4) is 0 Å². The number of methoxy groups -OCH3 is 1. The number of esters is 1. The number of hydrogen-bond donors (Lipinski definition) is 0. The standard InChI is InChI=1S/C15H19NO2/c1-10-7-8-11-9-13(15(17)18-2)12-5-3-4-6-14(12)16(10)11/h3-6,10-11,13H,7-9H2,1-2H3/t10-,11-,13+/m0/s1. The number of carbonyl (C=O) groups excluding carboxylic acids is 1. The molecule has 1 saturated heterocycles. The molecule has 96 valence electrons. The van der Waals surface area contributed by atoms with Gasteiger partial charge in [-0.15, -0.1) is 0 Å². The molecule has 1 fully saturated rings. The van der Waals surface area contributed by atoms with Gasteiger partial charge in [-0.25, -0.2) is 0 Å². The van der Waals surface area contributed by atoms with Crippen LogP contribution < -0.4 is 4.90 Å². The molecule has 3 atom stereocenters. The molecule has 3 nitrogen and oxygen atoms in total. The zero-order valence-corrected chi connectivity index (χ0v) is 10.9. The first-order chi connectivity index (χ1) is 8.72. The maximum atomic E-state index is 12.0. The van der Waals surface area contributed by atoms with Crippen molar-refractivity contribution >= 4 is 11.7 Å². The van der Waals surface area contributed by atoms with Crippen molar-refractivity contribution in [3.63, 3.8) is 0 Å². The maximum absolute atomic E-state index is 12.0. The highest BCUT2D eigenvalue weighted by molar-refractivity contribution is 5.82. The van der Waals surface area contributed by atoms with Crippen molar-refractivity contribution in [1.82, 2.24) is 0 Å². The Morgan fingerprint density at radius 2 is 2.11 bits per heavy atom. The third-order valence-corrected chi connectivity index (χ3v) is 4.37. The van der Waals surface area contributed by atoms with E-state index in [-0.39, 0.29) is 11.9 Å². The lowest BCUT2D eigenvalue weighted by atomic mass is 9.86. The molecule has 1 aromatic rings. The Morgan fingerprint density at radius 1 is 1.33 bits per heavy atom. The molecule has 0 N–H and O–H groups in total. The van der Waals surface area contributed by atoms with Gasteiger partial charge in [0.1, 0.15) is 0 Å². The number of ether oxygens (including phenoxy) is 1. The van der Waals surface area contributed by atoms with Crippen LogP contribution in [0.25, 0.3) is 0 Å². The number of anilines is 1. The minimum atomic E-state index is -0.0957. The van der Waals surface area contributed by atoms with Crippen LogP contribution in [0.1, 0.15) is 37.7 Å². The molecule has 0 bridgehead atoms. The Kier molecular flexibility index (Phi) is 2.77. The summed E-state index contributed by atoms with van der Waals surface area (Å²) in [7, 11) is 1.48. The largest absolute Gasteiger partial charge is 0.469 e. The quantitative estimate of drug-likeness (QED) is 0.712. The van der Waals surface area contributed by atoms with E-state index in [4.69, 9.17) is 4.74 Å². The van der Waals surface area contributed by atoms with E-state index < -0.39 is 0 Å². The van der Waals surface area contributed by atoms with Gasteiger partial charge in [0, 0.05) is 17.8 Å². The molecule has 2 aliphatic rings. The molecule has 0 aromatic heterocycles. The predicted molar refractivity (Wildman–Crippen MR) is 70.8 cm³/mol. The Hall–Kier alpha value is -1.51. The number of carbonyl (C=O) groups is 1. The zero-order chi connectivity index (χ0) is 12.7. The van der Waals surface area contributed by atoms with Crippen molar-refractivity contribution < 1.29 is 9.53 Å². The number of rotatable bonds is 1. The normalized spacial score (nSPS) is 29.7. The highest BCUT2D eigenvalue weighted by Crippen LogP contribution is 2.44. The summed E-state index contributed by atoms with van der Waals surface area (Å²) in [6, 6.07) is 9.35. The molecular weight excluding hydrogens is 226 g/mol. The molecule has 2 heterocycles. The van der Waals surface area contributed by atoms with E-state index in [2.05, 4.69) is 30.0 Å². The number of nitrogens with zero attached hydrogens (tertiary/aromatic N) is 1. The SMILES string of the molecule is COC(=O)[C@@H]1C[C@@H]2CC[C@H](C)N2c2ccccc21. The van der Waals surface area contributed by atoms with Crippen molar-refractivity contribution in [1.29, 1.82) is 0 Å². The first kappa shape index (κ1) is 11.6. The van der Waals surface area contributed by atoms with Gasteiger partial charge >= 0.3 is 5.97 Å². The lowest BCUT2D eigenvalue weighted by molar-refractivity contribution is -0.142. The molecule has 0 spiro atoms. The molecule has 3 heteroatoms. The Labute approximate surface area is 108 Å². The van der Waals surface area contributed by atoms with Crippen LogP contribution in [0.4, 0.5) is 5.69 Å². The second kappa shape index (κ2) is 4.30. The predicted octanol–water partition coefficient (Wildman–Crippen LogP) is 2.70. The highest BCUT2D eigenvalue weighted by atomic mass is 16.5. The van der Waals surface area contributed by atoms with E-state index in [1.165, 1.54) is 25.6 Å². The third kappa shape index (κ3) is 1.61. The van der Waals surface area contributed by atoms with Crippen molar-refractivity contribution in [3.05, 3.63) is 29.8 Å². The van der Waals surface area contributed by atoms with E-state index in [1.807, 2.05) is 6.07 Å². The molecule has 0 saturated carbocycles. The topological polar surface area (TPSA) is 29.5 Å².